The Bertz CT molecular complexity index is 122. The van der Waals surface area contributed by atoms with E-state index >= 15 is 0 Å². The van der Waals surface area contributed by atoms with E-state index in [9.17, 15) is 4.39 Å². The van der Waals surface area contributed by atoms with Gasteiger partial charge in [0.15, 0.2) is 0 Å². The van der Waals surface area contributed by atoms with Crippen molar-refractivity contribution in [2.75, 3.05) is 13.1 Å². The highest BCUT2D eigenvalue weighted by Gasteiger charge is 2.08. The van der Waals surface area contributed by atoms with Crippen molar-refractivity contribution in [1.29, 1.82) is 0 Å². The van der Waals surface area contributed by atoms with Gasteiger partial charge >= 0.3 is 0 Å². The van der Waals surface area contributed by atoms with Crippen LogP contribution in [0.2, 0.25) is 0 Å². The molecule has 0 saturated heterocycles. The molecular weight excluding hydrogens is 119 g/mol. The van der Waals surface area contributed by atoms with Crippen LogP contribution >= 0.6 is 0 Å². The summed E-state index contributed by atoms with van der Waals surface area (Å²) in [6, 6.07) is 0. The van der Waals surface area contributed by atoms with Gasteiger partial charge in [-0.3, -0.25) is 4.99 Å². The van der Waals surface area contributed by atoms with Crippen molar-refractivity contribution in [1.82, 2.24) is 5.32 Å². The molecule has 0 bridgehead atoms. The Morgan fingerprint density at radius 2 is 2.56 bits per heavy atom. The molecule has 0 saturated carbocycles. The molecular formula is C6H11FN2. The van der Waals surface area contributed by atoms with Crippen LogP contribution in [0.5, 0.6) is 0 Å². The van der Waals surface area contributed by atoms with Crippen LogP contribution in [-0.4, -0.2) is 25.1 Å². The summed E-state index contributed by atoms with van der Waals surface area (Å²) in [4.78, 5) is 4.04. The second kappa shape index (κ2) is 2.80. The SMILES string of the molecule is CC1=NCCC(F)CN1. The maximum atomic E-state index is 12.5. The highest BCUT2D eigenvalue weighted by molar-refractivity contribution is 5.79. The Morgan fingerprint density at radius 1 is 1.78 bits per heavy atom. The molecule has 1 rings (SSSR count). The molecule has 1 N–H and O–H groups in total. The van der Waals surface area contributed by atoms with Crippen LogP contribution in [0.25, 0.3) is 0 Å². The Kier molecular flexibility index (Phi) is 2.03. The Morgan fingerprint density at radius 3 is 3.33 bits per heavy atom. The molecule has 2 nitrogen and oxygen atoms in total. The normalized spacial score (nSPS) is 28.2. The van der Waals surface area contributed by atoms with Crippen molar-refractivity contribution in [3.63, 3.8) is 0 Å². The number of nitrogens with zero attached hydrogens (tertiary/aromatic N) is 1. The summed E-state index contributed by atoms with van der Waals surface area (Å²) >= 11 is 0. The van der Waals surface area contributed by atoms with Crippen molar-refractivity contribution in [3.05, 3.63) is 0 Å². The predicted molar refractivity (Wildman–Crippen MR) is 35.5 cm³/mol. The van der Waals surface area contributed by atoms with E-state index in [1.807, 2.05) is 6.92 Å². The molecule has 1 atom stereocenters. The molecule has 1 heterocycles. The van der Waals surface area contributed by atoms with Gasteiger partial charge in [0.2, 0.25) is 0 Å². The van der Waals surface area contributed by atoms with Crippen LogP contribution < -0.4 is 5.32 Å². The van der Waals surface area contributed by atoms with Crippen LogP contribution in [0.1, 0.15) is 13.3 Å². The smallest absolute Gasteiger partial charge is 0.119 e. The van der Waals surface area contributed by atoms with E-state index in [-0.39, 0.29) is 0 Å². The van der Waals surface area contributed by atoms with Gasteiger partial charge in [-0.25, -0.2) is 4.39 Å². The molecule has 1 unspecified atom stereocenters. The molecule has 0 aromatic heterocycles. The maximum absolute atomic E-state index is 12.5. The number of aliphatic imine (C=N–C) groups is 1. The van der Waals surface area contributed by atoms with Gasteiger partial charge in [-0.2, -0.15) is 0 Å². The summed E-state index contributed by atoms with van der Waals surface area (Å²) < 4.78 is 12.5. The Labute approximate surface area is 54.2 Å². The summed E-state index contributed by atoms with van der Waals surface area (Å²) in [7, 11) is 0. The van der Waals surface area contributed by atoms with Gasteiger partial charge in [-0.05, 0) is 13.3 Å². The zero-order valence-corrected chi connectivity index (χ0v) is 5.52. The highest BCUT2D eigenvalue weighted by Crippen LogP contribution is 1.99. The number of alkyl halides is 1. The number of hydrogen-bond acceptors (Lipinski definition) is 2. The van der Waals surface area contributed by atoms with Crippen molar-refractivity contribution in [2.24, 2.45) is 4.99 Å². The number of nitrogens with one attached hydrogen (secondary N) is 1. The van der Waals surface area contributed by atoms with Gasteiger partial charge in [0.25, 0.3) is 0 Å². The second-order valence-electron chi connectivity index (χ2n) is 2.23. The average molecular weight is 130 g/mol. The minimum absolute atomic E-state index is 0.426. The van der Waals surface area contributed by atoms with E-state index in [0.29, 0.717) is 19.5 Å². The zero-order valence-electron chi connectivity index (χ0n) is 5.52. The van der Waals surface area contributed by atoms with Crippen LogP contribution in [0.15, 0.2) is 4.99 Å². The van der Waals surface area contributed by atoms with E-state index in [1.165, 1.54) is 0 Å². The molecule has 0 aliphatic carbocycles. The van der Waals surface area contributed by atoms with Crippen molar-refractivity contribution in [2.45, 2.75) is 19.5 Å². The summed E-state index contributed by atoms with van der Waals surface area (Å²) in [5, 5.41) is 2.87. The second-order valence-corrected chi connectivity index (χ2v) is 2.23. The standard InChI is InChI=1S/C6H11FN2/c1-5-8-3-2-6(7)4-9-5/h6H,2-4H2,1H3,(H,8,9). The summed E-state index contributed by atoms with van der Waals surface area (Å²) in [5.74, 6) is 0.857. The first kappa shape index (κ1) is 6.52. The van der Waals surface area contributed by atoms with Gasteiger partial charge < -0.3 is 5.32 Å². The van der Waals surface area contributed by atoms with Crippen LogP contribution in [0, 0.1) is 0 Å². The van der Waals surface area contributed by atoms with Crippen molar-refractivity contribution >= 4 is 5.84 Å². The third-order valence-electron chi connectivity index (χ3n) is 1.37. The molecule has 9 heavy (non-hydrogen) atoms. The molecule has 0 spiro atoms. The van der Waals surface area contributed by atoms with Gasteiger partial charge in [0.1, 0.15) is 6.17 Å². The summed E-state index contributed by atoms with van der Waals surface area (Å²) in [6.07, 6.45) is -0.157. The fraction of sp³-hybridized carbons (Fsp3) is 0.833. The molecule has 0 fully saturated rings. The fourth-order valence-corrected chi connectivity index (χ4v) is 0.789. The molecule has 52 valence electrons. The predicted octanol–water partition coefficient (Wildman–Crippen LogP) is 0.736. The number of amidine groups is 1. The van der Waals surface area contributed by atoms with Crippen molar-refractivity contribution < 1.29 is 4.39 Å². The third-order valence-corrected chi connectivity index (χ3v) is 1.37. The molecule has 1 aliphatic rings. The Hall–Kier alpha value is -0.600. The Balaban J connectivity index is 2.39. The van der Waals surface area contributed by atoms with E-state index in [0.717, 1.165) is 5.84 Å². The van der Waals surface area contributed by atoms with Crippen LogP contribution in [0.4, 0.5) is 4.39 Å². The monoisotopic (exact) mass is 130 g/mol. The van der Waals surface area contributed by atoms with E-state index < -0.39 is 6.17 Å². The maximum Gasteiger partial charge on any atom is 0.119 e. The minimum atomic E-state index is -0.716. The lowest BCUT2D eigenvalue weighted by molar-refractivity contribution is 0.322. The number of rotatable bonds is 0. The minimum Gasteiger partial charge on any atom is -0.371 e. The molecule has 0 amide bonds. The van der Waals surface area contributed by atoms with Crippen LogP contribution in [0.3, 0.4) is 0 Å². The molecule has 1 aliphatic heterocycles. The highest BCUT2D eigenvalue weighted by atomic mass is 19.1. The summed E-state index contributed by atoms with van der Waals surface area (Å²) in [6.45, 7) is 2.91. The molecule has 3 heteroatoms. The van der Waals surface area contributed by atoms with Gasteiger partial charge in [0.05, 0.1) is 5.84 Å². The number of halogens is 1. The number of hydrogen-bond donors (Lipinski definition) is 1. The van der Waals surface area contributed by atoms with E-state index in [1.54, 1.807) is 0 Å². The lowest BCUT2D eigenvalue weighted by Crippen LogP contribution is -2.25. The largest absolute Gasteiger partial charge is 0.371 e. The molecule has 0 aromatic rings. The van der Waals surface area contributed by atoms with Crippen LogP contribution in [-0.2, 0) is 0 Å². The van der Waals surface area contributed by atoms with Gasteiger partial charge in [-0.15, -0.1) is 0 Å². The first-order valence-electron chi connectivity index (χ1n) is 3.18. The average Bonchev–Trinajstić information content (AvgIpc) is 1.97. The van der Waals surface area contributed by atoms with Gasteiger partial charge in [-0.1, -0.05) is 0 Å². The lowest BCUT2D eigenvalue weighted by Gasteiger charge is -2.02. The first-order chi connectivity index (χ1) is 4.29. The molecule has 0 radical (unpaired) electrons. The third kappa shape index (κ3) is 2.00. The fourth-order valence-electron chi connectivity index (χ4n) is 0.789. The zero-order chi connectivity index (χ0) is 6.69. The van der Waals surface area contributed by atoms with E-state index in [2.05, 4.69) is 10.3 Å². The first-order valence-corrected chi connectivity index (χ1v) is 3.18. The van der Waals surface area contributed by atoms with Gasteiger partial charge in [0, 0.05) is 13.1 Å². The molecule has 0 aromatic carbocycles. The quantitative estimate of drug-likeness (QED) is 0.513. The summed E-state index contributed by atoms with van der Waals surface area (Å²) in [5.41, 5.74) is 0. The van der Waals surface area contributed by atoms with E-state index in [4.69, 9.17) is 0 Å². The lowest BCUT2D eigenvalue weighted by atomic mass is 10.3. The topological polar surface area (TPSA) is 24.4 Å². The van der Waals surface area contributed by atoms with Crippen molar-refractivity contribution in [3.8, 4) is 0 Å².